The second-order valence-electron chi connectivity index (χ2n) is 3.54. The summed E-state index contributed by atoms with van der Waals surface area (Å²) in [7, 11) is 0. The maximum absolute atomic E-state index is 2.10. The number of hydrogen-bond donors (Lipinski definition) is 0. The molecule has 0 nitrogen and oxygen atoms in total. The molecule has 0 radical (unpaired) electrons. The molecule has 0 bridgehead atoms. The van der Waals surface area contributed by atoms with Gasteiger partial charge in [-0.3, -0.25) is 0 Å². The van der Waals surface area contributed by atoms with Crippen LogP contribution in [0.5, 0.6) is 0 Å². The van der Waals surface area contributed by atoms with Crippen LogP contribution in [0.3, 0.4) is 0 Å². The molecular weight excluding hydrogens is 232 g/mol. The molecule has 17 heavy (non-hydrogen) atoms. The summed E-state index contributed by atoms with van der Waals surface area (Å²) in [6.45, 7) is 0. The van der Waals surface area contributed by atoms with Gasteiger partial charge in [-0.25, -0.2) is 12.2 Å². The van der Waals surface area contributed by atoms with Crippen LogP contribution in [-0.2, 0) is 0 Å². The molecule has 80 valence electrons. The minimum Gasteiger partial charge on any atom is -0.216 e. The van der Waals surface area contributed by atoms with Gasteiger partial charge in [-0.05, 0) is 0 Å². The third kappa shape index (κ3) is 5.36. The topological polar surface area (TPSA) is 0 Å². The molecule has 0 amide bonds. The molecule has 0 aliphatic carbocycles. The first-order valence-corrected chi connectivity index (χ1v) is 5.40. The molecule has 0 aliphatic rings. The Hall–Kier alpha value is -0.820. The second kappa shape index (κ2) is 8.30. The Morgan fingerprint density at radius 1 is 0.588 bits per heavy atom. The van der Waals surface area contributed by atoms with E-state index in [1.807, 2.05) is 36.4 Å². The van der Waals surface area contributed by atoms with Gasteiger partial charge in [0.1, 0.15) is 0 Å². The van der Waals surface area contributed by atoms with Crippen molar-refractivity contribution in [1.29, 1.82) is 0 Å². The van der Waals surface area contributed by atoms with Crippen LogP contribution in [-0.4, -0.2) is 37.7 Å². The van der Waals surface area contributed by atoms with E-state index in [0.717, 1.165) is 0 Å². The van der Waals surface area contributed by atoms with Gasteiger partial charge in [0.05, 0.1) is 0 Å². The van der Waals surface area contributed by atoms with Gasteiger partial charge in [0.2, 0.25) is 0 Å². The maximum atomic E-state index is 2.10. The minimum atomic E-state index is 0. The molecule has 0 heterocycles. The largest absolute Gasteiger partial charge is 2.00 e. The zero-order chi connectivity index (χ0) is 11.1. The predicted octanol–water partition coefficient (Wildman–Crippen LogP) is 3.67. The number of hydrogen-bond acceptors (Lipinski definition) is 0. The second-order valence-corrected chi connectivity index (χ2v) is 3.54. The van der Waals surface area contributed by atoms with E-state index >= 15 is 0 Å². The fraction of sp³-hybridized carbons (Fsp3) is 0. The Labute approximate surface area is 133 Å². The van der Waals surface area contributed by atoms with E-state index < -0.39 is 0 Å². The van der Waals surface area contributed by atoms with Gasteiger partial charge < -0.3 is 0 Å². The number of rotatable bonds is 4. The summed E-state index contributed by atoms with van der Waals surface area (Å²) in [5.74, 6) is 0. The van der Waals surface area contributed by atoms with E-state index in [1.54, 1.807) is 0 Å². The molecule has 2 aromatic rings. The van der Waals surface area contributed by atoms with Crippen LogP contribution in [0.2, 0.25) is 0 Å². The first-order chi connectivity index (χ1) is 7.95. The van der Waals surface area contributed by atoms with Crippen molar-refractivity contribution >= 4 is 37.7 Å². The van der Waals surface area contributed by atoms with Gasteiger partial charge in [-0.2, -0.15) is 24.0 Å². The smallest absolute Gasteiger partial charge is 0.216 e. The Kier molecular flexibility index (Phi) is 6.95. The third-order valence-corrected chi connectivity index (χ3v) is 2.29. The Bertz CT molecular complexity index is 388. The number of benzene rings is 2. The summed E-state index contributed by atoms with van der Waals surface area (Å²) < 4.78 is 0. The molecular formula is C16H14Ca. The molecule has 0 unspecified atom stereocenters. The average Bonchev–Trinajstić information content (AvgIpc) is 2.37. The van der Waals surface area contributed by atoms with E-state index in [0.29, 0.717) is 0 Å². The summed E-state index contributed by atoms with van der Waals surface area (Å²) in [4.78, 5) is 0. The first-order valence-electron chi connectivity index (χ1n) is 5.40. The zero-order valence-corrected chi connectivity index (χ0v) is 12.0. The van der Waals surface area contributed by atoms with Crippen molar-refractivity contribution in [2.45, 2.75) is 0 Å². The van der Waals surface area contributed by atoms with Gasteiger partial charge in [0, 0.05) is 0 Å². The molecule has 0 aliphatic heterocycles. The van der Waals surface area contributed by atoms with Gasteiger partial charge in [-0.15, -0.1) is 48.5 Å². The Morgan fingerprint density at radius 2 is 0.941 bits per heavy atom. The van der Waals surface area contributed by atoms with E-state index in [-0.39, 0.29) is 37.7 Å². The van der Waals surface area contributed by atoms with Crippen molar-refractivity contribution in [3.8, 4) is 0 Å². The van der Waals surface area contributed by atoms with Crippen LogP contribution in [0.15, 0.2) is 72.8 Å². The summed E-state index contributed by atoms with van der Waals surface area (Å²) in [6, 6.07) is 20.6. The van der Waals surface area contributed by atoms with Crippen molar-refractivity contribution in [1.82, 2.24) is 0 Å². The molecule has 2 aromatic carbocycles. The first kappa shape index (κ1) is 14.2. The molecule has 0 N–H and O–H groups in total. The monoisotopic (exact) mass is 246 g/mol. The normalized spacial score (nSPS) is 9.65. The minimum absolute atomic E-state index is 0. The van der Waals surface area contributed by atoms with Crippen molar-refractivity contribution in [3.05, 3.63) is 96.8 Å². The zero-order valence-electron chi connectivity index (χ0n) is 9.79. The van der Waals surface area contributed by atoms with E-state index in [2.05, 4.69) is 49.3 Å². The third-order valence-electron chi connectivity index (χ3n) is 2.29. The molecule has 0 atom stereocenters. The van der Waals surface area contributed by atoms with Crippen molar-refractivity contribution in [3.63, 3.8) is 0 Å². The quantitative estimate of drug-likeness (QED) is 0.570. The van der Waals surface area contributed by atoms with Gasteiger partial charge in [-0.1, -0.05) is 12.1 Å². The summed E-state index contributed by atoms with van der Waals surface area (Å²) in [5.41, 5.74) is 2.44. The molecule has 0 saturated heterocycles. The maximum Gasteiger partial charge on any atom is 2.00 e. The molecule has 2 rings (SSSR count). The van der Waals surface area contributed by atoms with Crippen LogP contribution >= 0.6 is 0 Å². The molecule has 0 spiro atoms. The van der Waals surface area contributed by atoms with Crippen molar-refractivity contribution in [2.24, 2.45) is 0 Å². The van der Waals surface area contributed by atoms with Crippen molar-refractivity contribution in [2.75, 3.05) is 0 Å². The molecule has 0 aromatic heterocycles. The number of allylic oxidation sites excluding steroid dienone is 2. The van der Waals surface area contributed by atoms with Crippen LogP contribution in [0, 0.1) is 12.8 Å². The van der Waals surface area contributed by atoms with Crippen LogP contribution in [0.25, 0.3) is 0 Å². The molecule has 1 heteroatoms. The van der Waals surface area contributed by atoms with Gasteiger partial charge in [0.15, 0.2) is 0 Å². The van der Waals surface area contributed by atoms with Crippen LogP contribution < -0.4 is 0 Å². The van der Waals surface area contributed by atoms with E-state index in [1.165, 1.54) is 11.1 Å². The SMILES string of the molecule is C(=C[CH-]c1ccccc1)[CH-]c1ccccc1.[Ca+2]. The summed E-state index contributed by atoms with van der Waals surface area (Å²) in [5, 5.41) is 0. The van der Waals surface area contributed by atoms with Gasteiger partial charge in [0.25, 0.3) is 0 Å². The van der Waals surface area contributed by atoms with Crippen LogP contribution in [0.4, 0.5) is 0 Å². The predicted molar refractivity (Wildman–Crippen MR) is 74.6 cm³/mol. The fourth-order valence-corrected chi connectivity index (χ4v) is 1.46. The molecule has 0 fully saturated rings. The Morgan fingerprint density at radius 3 is 1.29 bits per heavy atom. The standard InChI is InChI=1S/C16H14.Ca/c1-3-9-15(10-4-1)13-7-8-14-16-11-5-2-6-12-16;/h1-14H;/q-2;+2. The molecule has 0 saturated carbocycles. The summed E-state index contributed by atoms with van der Waals surface area (Å²) >= 11 is 0. The fourth-order valence-electron chi connectivity index (χ4n) is 1.46. The van der Waals surface area contributed by atoms with Crippen LogP contribution in [0.1, 0.15) is 11.1 Å². The van der Waals surface area contributed by atoms with Gasteiger partial charge >= 0.3 is 37.7 Å². The average molecular weight is 246 g/mol. The van der Waals surface area contributed by atoms with E-state index in [9.17, 15) is 0 Å². The Balaban J connectivity index is 0.00000144. The van der Waals surface area contributed by atoms with E-state index in [4.69, 9.17) is 0 Å². The van der Waals surface area contributed by atoms with Crippen molar-refractivity contribution < 1.29 is 0 Å². The summed E-state index contributed by atoms with van der Waals surface area (Å²) in [6.07, 6.45) is 8.31.